The molecule has 0 aliphatic carbocycles. The van der Waals surface area contributed by atoms with Gasteiger partial charge in [-0.3, -0.25) is 9.59 Å². The third kappa shape index (κ3) is 3.95. The number of carboxylic acid groups (broad SMARTS) is 1. The van der Waals surface area contributed by atoms with Gasteiger partial charge in [0.15, 0.2) is 11.8 Å². The number of rotatable bonds is 6. The zero-order valence-electron chi connectivity index (χ0n) is 14.9. The van der Waals surface area contributed by atoms with Crippen LogP contribution in [0.5, 0.6) is 11.5 Å². The molecule has 0 radical (unpaired) electrons. The lowest BCUT2D eigenvalue weighted by Crippen LogP contribution is -2.66. The van der Waals surface area contributed by atoms with Crippen LogP contribution < -0.4 is 5.32 Å². The molecule has 29 heavy (non-hydrogen) atoms. The minimum atomic E-state index is -1.26. The molecule has 150 valence electrons. The van der Waals surface area contributed by atoms with Gasteiger partial charge in [0.25, 0.3) is 5.91 Å². The molecule has 1 aliphatic rings. The normalized spacial score (nSPS) is 17.4. The van der Waals surface area contributed by atoms with Crippen molar-refractivity contribution >= 4 is 23.5 Å². The van der Waals surface area contributed by atoms with E-state index in [-0.39, 0.29) is 29.3 Å². The van der Waals surface area contributed by atoms with Gasteiger partial charge in [-0.25, -0.2) is 4.79 Å². The van der Waals surface area contributed by atoms with Crippen molar-refractivity contribution in [3.8, 4) is 11.5 Å². The Bertz CT molecular complexity index is 970. The van der Waals surface area contributed by atoms with Gasteiger partial charge in [-0.15, -0.1) is 0 Å². The van der Waals surface area contributed by atoms with E-state index in [4.69, 9.17) is 5.21 Å². The van der Waals surface area contributed by atoms with Crippen LogP contribution in [-0.2, 0) is 14.4 Å². The van der Waals surface area contributed by atoms with Crippen molar-refractivity contribution in [2.75, 3.05) is 6.54 Å². The van der Waals surface area contributed by atoms with E-state index >= 15 is 0 Å². The standard InChI is InChI=1S/C19H17N3O7/c23-12-5-1-10(2-6-12)15(21-29)17(25)20-14-9-22(18(14)26)16(19(27)28)11-3-7-13(24)8-4-11/h1-8,14,16,23-24,29H,9H2,(H,20,25)(H,27,28)/b21-15+. The van der Waals surface area contributed by atoms with Crippen LogP contribution in [0.1, 0.15) is 17.2 Å². The number of oxime groups is 1. The number of amides is 2. The van der Waals surface area contributed by atoms with Crippen molar-refractivity contribution in [3.63, 3.8) is 0 Å². The molecule has 1 saturated heterocycles. The molecule has 5 N–H and O–H groups in total. The summed E-state index contributed by atoms with van der Waals surface area (Å²) < 4.78 is 0. The van der Waals surface area contributed by atoms with Gasteiger partial charge in [-0.1, -0.05) is 17.3 Å². The summed E-state index contributed by atoms with van der Waals surface area (Å²) >= 11 is 0. The fourth-order valence-electron chi connectivity index (χ4n) is 2.99. The Balaban J connectivity index is 1.69. The zero-order chi connectivity index (χ0) is 21.1. The predicted octanol–water partition coefficient (Wildman–Crippen LogP) is 0.429. The van der Waals surface area contributed by atoms with Crippen molar-refractivity contribution < 1.29 is 34.9 Å². The molecule has 2 unspecified atom stereocenters. The zero-order valence-corrected chi connectivity index (χ0v) is 14.9. The Morgan fingerprint density at radius 3 is 2.07 bits per heavy atom. The summed E-state index contributed by atoms with van der Waals surface area (Å²) in [5, 5.41) is 42.6. The Morgan fingerprint density at radius 2 is 1.59 bits per heavy atom. The van der Waals surface area contributed by atoms with Gasteiger partial charge >= 0.3 is 5.97 Å². The number of nitrogens with one attached hydrogen (secondary N) is 1. The van der Waals surface area contributed by atoms with Gasteiger partial charge in [0.1, 0.15) is 17.5 Å². The molecule has 3 rings (SSSR count). The molecule has 2 amide bonds. The predicted molar refractivity (Wildman–Crippen MR) is 98.6 cm³/mol. The number of β-lactam (4-membered cyclic amide) rings is 1. The van der Waals surface area contributed by atoms with E-state index in [2.05, 4.69) is 10.5 Å². The van der Waals surface area contributed by atoms with E-state index in [0.29, 0.717) is 5.56 Å². The van der Waals surface area contributed by atoms with Crippen LogP contribution in [-0.4, -0.2) is 61.5 Å². The number of phenols is 2. The van der Waals surface area contributed by atoms with Crippen molar-refractivity contribution in [3.05, 3.63) is 59.7 Å². The number of nitrogens with zero attached hydrogens (tertiary/aromatic N) is 2. The first kappa shape index (κ1) is 19.7. The summed E-state index contributed by atoms with van der Waals surface area (Å²) in [4.78, 5) is 37.5. The maximum atomic E-state index is 12.4. The van der Waals surface area contributed by atoms with Gasteiger partial charge in [-0.05, 0) is 42.0 Å². The highest BCUT2D eigenvalue weighted by Crippen LogP contribution is 2.28. The van der Waals surface area contributed by atoms with Crippen molar-refractivity contribution in [1.82, 2.24) is 10.2 Å². The maximum Gasteiger partial charge on any atom is 0.331 e. The molecular formula is C19H17N3O7. The van der Waals surface area contributed by atoms with E-state index in [1.807, 2.05) is 0 Å². The number of carbonyl (C=O) groups is 3. The van der Waals surface area contributed by atoms with Crippen LogP contribution in [0.2, 0.25) is 0 Å². The first-order valence-corrected chi connectivity index (χ1v) is 8.46. The van der Waals surface area contributed by atoms with Crippen LogP contribution in [0, 0.1) is 0 Å². The number of carboxylic acids is 1. The number of hydrogen-bond donors (Lipinski definition) is 5. The van der Waals surface area contributed by atoms with Crippen LogP contribution in [0.4, 0.5) is 0 Å². The first-order valence-electron chi connectivity index (χ1n) is 8.46. The highest BCUT2D eigenvalue weighted by atomic mass is 16.4. The van der Waals surface area contributed by atoms with Crippen LogP contribution in [0.3, 0.4) is 0 Å². The van der Waals surface area contributed by atoms with Crippen molar-refractivity contribution in [2.24, 2.45) is 5.16 Å². The largest absolute Gasteiger partial charge is 0.508 e. The number of aromatic hydroxyl groups is 2. The van der Waals surface area contributed by atoms with E-state index in [1.54, 1.807) is 0 Å². The monoisotopic (exact) mass is 399 g/mol. The van der Waals surface area contributed by atoms with Gasteiger partial charge in [0.2, 0.25) is 5.91 Å². The average Bonchev–Trinajstić information content (AvgIpc) is 2.69. The lowest BCUT2D eigenvalue weighted by molar-refractivity contribution is -0.160. The Morgan fingerprint density at radius 1 is 1.03 bits per heavy atom. The Labute approximate surface area is 164 Å². The second kappa shape index (κ2) is 7.89. The Hall–Kier alpha value is -4.08. The summed E-state index contributed by atoms with van der Waals surface area (Å²) in [5.74, 6) is -2.77. The van der Waals surface area contributed by atoms with Gasteiger partial charge in [0.05, 0.1) is 6.54 Å². The summed E-state index contributed by atoms with van der Waals surface area (Å²) in [5.41, 5.74) is 0.165. The molecule has 10 nitrogen and oxygen atoms in total. The van der Waals surface area contributed by atoms with Crippen molar-refractivity contribution in [2.45, 2.75) is 12.1 Å². The molecule has 0 bridgehead atoms. The molecular weight excluding hydrogens is 382 g/mol. The van der Waals surface area contributed by atoms with Gasteiger partial charge in [0, 0.05) is 5.56 Å². The topological polar surface area (TPSA) is 160 Å². The third-order valence-electron chi connectivity index (χ3n) is 4.48. The quantitative estimate of drug-likeness (QED) is 0.204. The lowest BCUT2D eigenvalue weighted by atomic mass is 9.97. The van der Waals surface area contributed by atoms with Gasteiger partial charge in [-0.2, -0.15) is 0 Å². The molecule has 0 saturated carbocycles. The highest BCUT2D eigenvalue weighted by molar-refractivity contribution is 6.45. The van der Waals surface area contributed by atoms with Gasteiger partial charge < -0.3 is 30.7 Å². The number of phenolic OH excluding ortho intramolecular Hbond substituents is 2. The smallest absolute Gasteiger partial charge is 0.331 e. The van der Waals surface area contributed by atoms with Crippen LogP contribution in [0.25, 0.3) is 0 Å². The van der Waals surface area contributed by atoms with E-state index in [9.17, 15) is 29.7 Å². The van der Waals surface area contributed by atoms with E-state index in [1.165, 1.54) is 48.5 Å². The van der Waals surface area contributed by atoms with E-state index < -0.39 is 29.9 Å². The molecule has 0 spiro atoms. The molecule has 2 aromatic rings. The first-order chi connectivity index (χ1) is 13.8. The number of benzene rings is 2. The number of aliphatic carboxylic acids is 1. The number of carbonyl (C=O) groups excluding carboxylic acids is 2. The fraction of sp³-hybridized carbons (Fsp3) is 0.158. The van der Waals surface area contributed by atoms with Crippen LogP contribution in [0.15, 0.2) is 53.7 Å². The molecule has 1 fully saturated rings. The minimum absolute atomic E-state index is 0.0368. The maximum absolute atomic E-state index is 12.4. The second-order valence-electron chi connectivity index (χ2n) is 6.34. The molecule has 1 heterocycles. The summed E-state index contributed by atoms with van der Waals surface area (Å²) in [6, 6.07) is 8.53. The number of likely N-dealkylation sites (tertiary alicyclic amines) is 1. The second-order valence-corrected chi connectivity index (χ2v) is 6.34. The minimum Gasteiger partial charge on any atom is -0.508 e. The molecule has 1 aliphatic heterocycles. The highest BCUT2D eigenvalue weighted by Gasteiger charge is 2.45. The van der Waals surface area contributed by atoms with Crippen LogP contribution >= 0.6 is 0 Å². The molecule has 10 heteroatoms. The van der Waals surface area contributed by atoms with E-state index in [0.717, 1.165) is 4.90 Å². The fourth-order valence-corrected chi connectivity index (χ4v) is 2.99. The molecule has 2 aromatic carbocycles. The lowest BCUT2D eigenvalue weighted by Gasteiger charge is -2.42. The average molecular weight is 399 g/mol. The summed E-state index contributed by atoms with van der Waals surface area (Å²) in [6.45, 7) is -0.0588. The molecule has 2 atom stereocenters. The van der Waals surface area contributed by atoms with Crippen molar-refractivity contribution in [1.29, 1.82) is 0 Å². The molecule has 0 aromatic heterocycles. The summed E-state index contributed by atoms with van der Waals surface area (Å²) in [6.07, 6.45) is 0. The number of hydrogen-bond acceptors (Lipinski definition) is 7. The SMILES string of the molecule is O=C(NC1CN(C(C(=O)O)c2ccc(O)cc2)C1=O)/C(=N/O)c1ccc(O)cc1. The Kier molecular flexibility index (Phi) is 5.35. The summed E-state index contributed by atoms with van der Waals surface area (Å²) in [7, 11) is 0. The third-order valence-corrected chi connectivity index (χ3v) is 4.48.